The lowest BCUT2D eigenvalue weighted by Crippen LogP contribution is -2.42. The van der Waals surface area contributed by atoms with Crippen molar-refractivity contribution in [1.82, 2.24) is 8.88 Å². The Balaban J connectivity index is 2.37. The van der Waals surface area contributed by atoms with Crippen molar-refractivity contribution in [2.75, 3.05) is 13.1 Å². The van der Waals surface area contributed by atoms with E-state index < -0.39 is 38.7 Å². The van der Waals surface area contributed by atoms with Crippen LogP contribution in [-0.4, -0.2) is 22.0 Å². The van der Waals surface area contributed by atoms with Gasteiger partial charge in [0.15, 0.2) is 0 Å². The van der Waals surface area contributed by atoms with Crippen molar-refractivity contribution >= 4 is 129 Å². The summed E-state index contributed by atoms with van der Waals surface area (Å²) in [4.78, 5) is 0. The first kappa shape index (κ1) is 28.2. The molecule has 3 aliphatic rings. The largest absolute Gasteiger partial charge is 0.257 e. The van der Waals surface area contributed by atoms with Crippen LogP contribution in [0.4, 0.5) is 0 Å². The van der Waals surface area contributed by atoms with Crippen molar-refractivity contribution < 1.29 is 0 Å². The second-order valence-electron chi connectivity index (χ2n) is 6.33. The summed E-state index contributed by atoms with van der Waals surface area (Å²) in [5.41, 5.74) is 0. The van der Waals surface area contributed by atoms with Crippen LogP contribution in [0.15, 0.2) is 27.1 Å². The van der Waals surface area contributed by atoms with E-state index in [0.29, 0.717) is 13.1 Å². The van der Waals surface area contributed by atoms with Crippen LogP contribution in [0.5, 0.6) is 0 Å². The fourth-order valence-electron chi connectivity index (χ4n) is 2.98. The molecule has 0 bridgehead atoms. The highest BCUT2D eigenvalue weighted by atomic mass is 35.9. The second kappa shape index (κ2) is 9.82. The Morgan fingerprint density at radius 2 is 0.800 bits per heavy atom. The molecule has 0 N–H and O–H groups in total. The SMILES string of the molecule is CCCCN1P2(=NP(Cl)(Cl)=NP(Cl)(Cl)=N2)N(CCCC)P12=NP(Cl)(Cl)=NP(Cl)(Cl)=N2. The Bertz CT molecular complexity index is 947. The Morgan fingerprint density at radius 1 is 0.500 bits per heavy atom. The van der Waals surface area contributed by atoms with Gasteiger partial charge in [-0.1, -0.05) is 26.7 Å². The molecule has 1 saturated heterocycles. The minimum atomic E-state index is -3.17. The standard InChI is InChI=1S/C8H18Cl8N8P6/c1-3-5-7-23-29(19-25(9,10)17-26(11,12)20-29)24(8-6-4-2)30(23)21-27(13,14)18-28(15,16)22-30/h3-8H2,1-2H3. The van der Waals surface area contributed by atoms with Crippen LogP contribution in [0.25, 0.3) is 0 Å². The Hall–Kier alpha value is 3.62. The lowest BCUT2D eigenvalue weighted by Gasteiger charge is -2.59. The summed E-state index contributed by atoms with van der Waals surface area (Å²) in [5.74, 6) is -12.7. The monoisotopic (exact) mass is 692 g/mol. The fraction of sp³-hybridized carbons (Fsp3) is 1.00. The Morgan fingerprint density at radius 3 is 1.07 bits per heavy atom. The molecule has 0 amide bonds. The lowest BCUT2D eigenvalue weighted by molar-refractivity contribution is 0.481. The van der Waals surface area contributed by atoms with Crippen LogP contribution in [0.2, 0.25) is 0 Å². The fourth-order valence-corrected chi connectivity index (χ4v) is 39.4. The summed E-state index contributed by atoms with van der Waals surface area (Å²) >= 11 is 51.6. The Kier molecular flexibility index (Phi) is 9.23. The molecule has 0 aromatic rings. The highest BCUT2D eigenvalue weighted by molar-refractivity contribution is 8.23. The summed E-state index contributed by atoms with van der Waals surface area (Å²) in [6.45, 7) is 5.18. The van der Waals surface area contributed by atoms with E-state index >= 15 is 0 Å². The van der Waals surface area contributed by atoms with Gasteiger partial charge < -0.3 is 0 Å². The van der Waals surface area contributed by atoms with Crippen molar-refractivity contribution in [3.8, 4) is 0 Å². The molecule has 1 fully saturated rings. The third kappa shape index (κ3) is 5.78. The summed E-state index contributed by atoms with van der Waals surface area (Å²) in [6, 6.07) is 0. The van der Waals surface area contributed by atoms with E-state index in [9.17, 15) is 0 Å². The highest BCUT2D eigenvalue weighted by Gasteiger charge is 2.64. The molecule has 0 aromatic carbocycles. The average Bonchev–Trinajstić information content (AvgIpc) is 2.49. The van der Waals surface area contributed by atoms with Crippen LogP contribution >= 0.6 is 129 Å². The maximum Gasteiger partial charge on any atom is 0.257 e. The number of rotatable bonds is 6. The van der Waals surface area contributed by atoms with Gasteiger partial charge in [0.1, 0.15) is 0 Å². The average molecular weight is 696 g/mol. The first-order valence-corrected chi connectivity index (χ1v) is 25.8. The maximum absolute atomic E-state index is 6.45. The first-order valence-electron chi connectivity index (χ1n) is 8.60. The maximum atomic E-state index is 6.45. The van der Waals surface area contributed by atoms with E-state index in [4.69, 9.17) is 108 Å². The van der Waals surface area contributed by atoms with Gasteiger partial charge in [-0.2, -0.15) is 36.0 Å². The van der Waals surface area contributed by atoms with Crippen LogP contribution in [-0.2, 0) is 0 Å². The third-order valence-corrected chi connectivity index (χ3v) is 30.6. The molecule has 176 valence electrons. The van der Waals surface area contributed by atoms with Gasteiger partial charge in [-0.25, -0.2) is 0 Å². The summed E-state index contributed by atoms with van der Waals surface area (Å²) in [5, 5.41) is 0. The van der Waals surface area contributed by atoms with Gasteiger partial charge in [0.2, 0.25) is 15.0 Å². The topological polar surface area (TPSA) is 80.6 Å². The molecule has 3 heterocycles. The van der Waals surface area contributed by atoms with Gasteiger partial charge in [-0.05, 0) is 103 Å². The lowest BCUT2D eigenvalue weighted by atomic mass is 10.3. The van der Waals surface area contributed by atoms with E-state index in [-0.39, 0.29) is 0 Å². The first-order chi connectivity index (χ1) is 13.6. The molecule has 3 aliphatic heterocycles. The summed E-state index contributed by atoms with van der Waals surface area (Å²) in [6.07, 6.45) is 3.39. The smallest absolute Gasteiger partial charge is 0.185 e. The number of hydrogen-bond acceptors (Lipinski definition) is 8. The molecule has 0 unspecified atom stereocenters. The molecule has 30 heavy (non-hydrogen) atoms. The zero-order chi connectivity index (χ0) is 22.6. The predicted octanol–water partition coefficient (Wildman–Crippen LogP) is 13.8. The molecular formula is C8H18Cl8N8P6. The number of hydrogen-bond donors (Lipinski definition) is 0. The quantitative estimate of drug-likeness (QED) is 0.259. The molecule has 2 spiro atoms. The third-order valence-electron chi connectivity index (χ3n) is 4.00. The number of nitrogens with zero attached hydrogens (tertiary/aromatic N) is 8. The van der Waals surface area contributed by atoms with Crippen molar-refractivity contribution in [2.24, 2.45) is 27.1 Å². The predicted molar refractivity (Wildman–Crippen MR) is 146 cm³/mol. The van der Waals surface area contributed by atoms with Crippen molar-refractivity contribution in [3.63, 3.8) is 0 Å². The molecule has 0 radical (unpaired) electrons. The van der Waals surface area contributed by atoms with Gasteiger partial charge >= 0.3 is 0 Å². The summed E-state index contributed by atoms with van der Waals surface area (Å²) < 4.78 is 31.1. The van der Waals surface area contributed by atoms with Crippen LogP contribution in [0.3, 0.4) is 0 Å². The molecular weight excluding hydrogens is 678 g/mol. The number of unbranched alkanes of at least 4 members (excludes halogenated alkanes) is 2. The van der Waals surface area contributed by atoms with E-state index in [2.05, 4.69) is 22.9 Å². The van der Waals surface area contributed by atoms with Crippen LogP contribution in [0.1, 0.15) is 39.5 Å². The van der Waals surface area contributed by atoms with Gasteiger partial charge in [0.05, 0.1) is 0 Å². The zero-order valence-electron chi connectivity index (χ0n) is 15.5. The minimum absolute atomic E-state index is 0.532. The summed E-state index contributed by atoms with van der Waals surface area (Å²) in [7, 11) is -5.84. The molecule has 8 nitrogen and oxygen atoms in total. The van der Waals surface area contributed by atoms with Crippen LogP contribution < -0.4 is 0 Å². The van der Waals surface area contributed by atoms with Gasteiger partial charge in [-0.3, -0.25) is 0 Å². The van der Waals surface area contributed by atoms with E-state index in [1.54, 1.807) is 0 Å². The van der Waals surface area contributed by atoms with Crippen molar-refractivity contribution in [3.05, 3.63) is 0 Å². The van der Waals surface area contributed by atoms with Crippen molar-refractivity contribution in [1.29, 1.82) is 0 Å². The molecule has 22 heteroatoms. The molecule has 0 aromatic heterocycles. The second-order valence-corrected chi connectivity index (χ2v) is 32.4. The molecule has 0 atom stereocenters. The molecule has 0 aliphatic carbocycles. The Labute approximate surface area is 215 Å². The number of halogens is 8. The van der Waals surface area contributed by atoms with Gasteiger partial charge in [0.25, 0.3) is 23.6 Å². The van der Waals surface area contributed by atoms with E-state index in [1.165, 1.54) is 0 Å². The molecule has 0 saturated carbocycles. The van der Waals surface area contributed by atoms with Gasteiger partial charge in [-0.15, -0.1) is 0 Å². The van der Waals surface area contributed by atoms with E-state index in [1.807, 2.05) is 8.88 Å². The minimum Gasteiger partial charge on any atom is -0.185 e. The van der Waals surface area contributed by atoms with Gasteiger partial charge in [0, 0.05) is 13.1 Å². The normalized spacial score (nSPS) is 29.4. The van der Waals surface area contributed by atoms with Crippen LogP contribution in [0, 0.1) is 0 Å². The van der Waals surface area contributed by atoms with Crippen molar-refractivity contribution in [2.45, 2.75) is 39.5 Å². The van der Waals surface area contributed by atoms with E-state index in [0.717, 1.165) is 25.7 Å². The molecule has 3 rings (SSSR count). The zero-order valence-corrected chi connectivity index (χ0v) is 26.9. The highest BCUT2D eigenvalue weighted by Crippen LogP contribution is 3.02.